The molecule has 1 aliphatic rings. The Morgan fingerprint density at radius 2 is 2.00 bits per heavy atom. The lowest BCUT2D eigenvalue weighted by atomic mass is 9.96. The average molecular weight is 370 g/mol. The van der Waals surface area contributed by atoms with Crippen molar-refractivity contribution in [3.63, 3.8) is 0 Å². The Labute approximate surface area is 125 Å². The van der Waals surface area contributed by atoms with Crippen LogP contribution in [-0.4, -0.2) is 21.6 Å². The normalized spacial score (nSPS) is 14.8. The standard InChI is InChI=1S/C12H14BrClO4S/c1-7(2)11-8(6-19(14,15)16)9(13)5-10-12(11)18-4-3-17-10/h5,7H,3-4,6H2,1-2H3. The molecule has 0 spiro atoms. The zero-order valence-corrected chi connectivity index (χ0v) is 13.7. The first kappa shape index (κ1) is 14.9. The second-order valence-electron chi connectivity index (χ2n) is 4.61. The quantitative estimate of drug-likeness (QED) is 0.766. The van der Waals surface area contributed by atoms with E-state index in [0.29, 0.717) is 34.7 Å². The van der Waals surface area contributed by atoms with Gasteiger partial charge in [0.2, 0.25) is 9.05 Å². The smallest absolute Gasteiger partial charge is 0.236 e. The molecule has 0 radical (unpaired) electrons. The van der Waals surface area contributed by atoms with Crippen molar-refractivity contribution in [3.05, 3.63) is 21.7 Å². The van der Waals surface area contributed by atoms with Crippen LogP contribution in [0.5, 0.6) is 11.5 Å². The predicted octanol–water partition coefficient (Wildman–Crippen LogP) is 3.41. The van der Waals surface area contributed by atoms with Crippen molar-refractivity contribution in [1.29, 1.82) is 0 Å². The summed E-state index contributed by atoms with van der Waals surface area (Å²) in [5, 5.41) is 0. The van der Waals surface area contributed by atoms with Crippen LogP contribution in [0.15, 0.2) is 10.5 Å². The third-order valence-corrected chi connectivity index (χ3v) is 4.49. The van der Waals surface area contributed by atoms with E-state index in [1.54, 1.807) is 6.07 Å². The molecule has 0 saturated heterocycles. The van der Waals surface area contributed by atoms with Crippen molar-refractivity contribution >= 4 is 35.7 Å². The van der Waals surface area contributed by atoms with Gasteiger partial charge in [0, 0.05) is 20.7 Å². The van der Waals surface area contributed by atoms with Gasteiger partial charge in [-0.25, -0.2) is 8.42 Å². The molecule has 0 bridgehead atoms. The van der Waals surface area contributed by atoms with E-state index < -0.39 is 9.05 Å². The van der Waals surface area contributed by atoms with Gasteiger partial charge in [0.1, 0.15) is 13.2 Å². The molecule has 0 atom stereocenters. The van der Waals surface area contributed by atoms with Crippen LogP contribution in [0, 0.1) is 0 Å². The predicted molar refractivity (Wildman–Crippen MR) is 77.7 cm³/mol. The van der Waals surface area contributed by atoms with Crippen LogP contribution in [0.3, 0.4) is 0 Å². The van der Waals surface area contributed by atoms with Crippen molar-refractivity contribution in [2.45, 2.75) is 25.5 Å². The second kappa shape index (κ2) is 5.50. The fourth-order valence-electron chi connectivity index (χ4n) is 2.15. The summed E-state index contributed by atoms with van der Waals surface area (Å²) in [6, 6.07) is 1.73. The van der Waals surface area contributed by atoms with Gasteiger partial charge in [-0.05, 0) is 17.5 Å². The Kier molecular flexibility index (Phi) is 4.32. The summed E-state index contributed by atoms with van der Waals surface area (Å²) in [6.07, 6.45) is 0. The molecule has 1 aromatic rings. The maximum Gasteiger partial charge on any atom is 0.236 e. The highest BCUT2D eigenvalue weighted by molar-refractivity contribution is 9.10. The lowest BCUT2D eigenvalue weighted by Crippen LogP contribution is -2.18. The SMILES string of the molecule is CC(C)c1c(CS(=O)(=O)Cl)c(Br)cc2c1OCCO2. The van der Waals surface area contributed by atoms with Gasteiger partial charge in [-0.2, -0.15) is 0 Å². The highest BCUT2D eigenvalue weighted by Gasteiger charge is 2.26. The topological polar surface area (TPSA) is 52.6 Å². The molecule has 0 aliphatic carbocycles. The molecule has 1 aliphatic heterocycles. The van der Waals surface area contributed by atoms with Gasteiger partial charge < -0.3 is 9.47 Å². The van der Waals surface area contributed by atoms with E-state index in [0.717, 1.165) is 5.56 Å². The first-order chi connectivity index (χ1) is 8.79. The van der Waals surface area contributed by atoms with Crippen LogP contribution in [0.4, 0.5) is 0 Å². The maximum absolute atomic E-state index is 11.4. The zero-order chi connectivity index (χ0) is 14.2. The van der Waals surface area contributed by atoms with E-state index in [4.69, 9.17) is 20.2 Å². The first-order valence-electron chi connectivity index (χ1n) is 5.83. The molecule has 0 saturated carbocycles. The van der Waals surface area contributed by atoms with Gasteiger partial charge in [0.15, 0.2) is 11.5 Å². The third kappa shape index (κ3) is 3.35. The maximum atomic E-state index is 11.4. The fraction of sp³-hybridized carbons (Fsp3) is 0.500. The number of rotatable bonds is 3. The molecule has 0 aromatic heterocycles. The molecule has 0 unspecified atom stereocenters. The largest absolute Gasteiger partial charge is 0.486 e. The van der Waals surface area contributed by atoms with Gasteiger partial charge in [0.05, 0.1) is 5.75 Å². The van der Waals surface area contributed by atoms with Crippen molar-refractivity contribution in [3.8, 4) is 11.5 Å². The Bertz CT molecular complexity index is 598. The Morgan fingerprint density at radius 3 is 2.58 bits per heavy atom. The van der Waals surface area contributed by atoms with E-state index in [1.807, 2.05) is 13.8 Å². The van der Waals surface area contributed by atoms with E-state index in [-0.39, 0.29) is 11.7 Å². The second-order valence-corrected chi connectivity index (χ2v) is 8.24. The molecule has 7 heteroatoms. The summed E-state index contributed by atoms with van der Waals surface area (Å²) in [6.45, 7) is 4.90. The highest BCUT2D eigenvalue weighted by atomic mass is 79.9. The number of fused-ring (bicyclic) bond motifs is 1. The van der Waals surface area contributed by atoms with Gasteiger partial charge in [-0.3, -0.25) is 0 Å². The van der Waals surface area contributed by atoms with E-state index >= 15 is 0 Å². The zero-order valence-electron chi connectivity index (χ0n) is 10.6. The van der Waals surface area contributed by atoms with Crippen molar-refractivity contribution in [2.24, 2.45) is 0 Å². The van der Waals surface area contributed by atoms with Crippen LogP contribution < -0.4 is 9.47 Å². The van der Waals surface area contributed by atoms with Gasteiger partial charge in [-0.15, -0.1) is 0 Å². The molecule has 0 fully saturated rings. The van der Waals surface area contributed by atoms with Gasteiger partial charge >= 0.3 is 0 Å². The highest BCUT2D eigenvalue weighted by Crippen LogP contribution is 2.44. The Hall–Kier alpha value is -0.460. The minimum atomic E-state index is -3.64. The molecule has 0 N–H and O–H groups in total. The van der Waals surface area contributed by atoms with Gasteiger partial charge in [0.25, 0.3) is 0 Å². The summed E-state index contributed by atoms with van der Waals surface area (Å²) < 4.78 is 34.6. The summed E-state index contributed by atoms with van der Waals surface area (Å²) in [4.78, 5) is 0. The van der Waals surface area contributed by atoms with Crippen LogP contribution in [0.25, 0.3) is 0 Å². The summed E-state index contributed by atoms with van der Waals surface area (Å²) in [5.41, 5.74) is 1.46. The van der Waals surface area contributed by atoms with Gasteiger partial charge in [-0.1, -0.05) is 29.8 Å². The van der Waals surface area contributed by atoms with Crippen molar-refractivity contribution < 1.29 is 17.9 Å². The number of ether oxygens (including phenoxy) is 2. The molecule has 1 aromatic carbocycles. The number of halogens is 2. The van der Waals surface area contributed by atoms with Crippen LogP contribution >= 0.6 is 26.6 Å². The fourth-order valence-corrected chi connectivity index (χ4v) is 3.88. The molecule has 19 heavy (non-hydrogen) atoms. The van der Waals surface area contributed by atoms with E-state index in [2.05, 4.69) is 15.9 Å². The van der Waals surface area contributed by atoms with E-state index in [9.17, 15) is 8.42 Å². The molecular formula is C12H14BrClO4S. The number of hydrogen-bond acceptors (Lipinski definition) is 4. The molecule has 2 rings (SSSR count). The van der Waals surface area contributed by atoms with E-state index in [1.165, 1.54) is 0 Å². The molecule has 106 valence electrons. The molecule has 0 amide bonds. The monoisotopic (exact) mass is 368 g/mol. The van der Waals surface area contributed by atoms with Crippen LogP contribution in [-0.2, 0) is 14.8 Å². The Morgan fingerprint density at radius 1 is 1.37 bits per heavy atom. The minimum absolute atomic E-state index is 0.0985. The summed E-state index contributed by atoms with van der Waals surface area (Å²) in [7, 11) is 1.74. The number of benzene rings is 1. The van der Waals surface area contributed by atoms with Crippen LogP contribution in [0.1, 0.15) is 30.9 Å². The summed E-state index contributed by atoms with van der Waals surface area (Å²) in [5.74, 6) is 1.12. The molecular weight excluding hydrogens is 356 g/mol. The third-order valence-electron chi connectivity index (χ3n) is 2.82. The lowest BCUT2D eigenvalue weighted by molar-refractivity contribution is 0.169. The molecule has 1 heterocycles. The Balaban J connectivity index is 2.64. The molecule has 4 nitrogen and oxygen atoms in total. The van der Waals surface area contributed by atoms with Crippen molar-refractivity contribution in [2.75, 3.05) is 13.2 Å². The summed E-state index contributed by atoms with van der Waals surface area (Å²) >= 11 is 3.39. The van der Waals surface area contributed by atoms with Crippen LogP contribution in [0.2, 0.25) is 0 Å². The lowest BCUT2D eigenvalue weighted by Gasteiger charge is -2.25. The average Bonchev–Trinajstić information content (AvgIpc) is 2.27. The minimum Gasteiger partial charge on any atom is -0.486 e. The first-order valence-corrected chi connectivity index (χ1v) is 9.10. The number of hydrogen-bond donors (Lipinski definition) is 0. The van der Waals surface area contributed by atoms with Crippen molar-refractivity contribution in [1.82, 2.24) is 0 Å².